The predicted molar refractivity (Wildman–Crippen MR) is 70.7 cm³/mol. The van der Waals surface area contributed by atoms with E-state index in [1.165, 1.54) is 12.8 Å². The lowest BCUT2D eigenvalue weighted by molar-refractivity contribution is -0.122. The van der Waals surface area contributed by atoms with E-state index in [4.69, 9.17) is 0 Å². The molecule has 1 heterocycles. The molecule has 0 radical (unpaired) electrons. The molecule has 0 aliphatic carbocycles. The monoisotopic (exact) mass is 293 g/mol. The Morgan fingerprint density at radius 3 is 2.80 bits per heavy atom. The topological polar surface area (TPSA) is 29.1 Å². The summed E-state index contributed by atoms with van der Waals surface area (Å²) in [6, 6.07) is 0. The fourth-order valence-electron chi connectivity index (χ4n) is 1.54. The maximum atomic E-state index is 12.0. The zero-order chi connectivity index (χ0) is 11.3. The van der Waals surface area contributed by atoms with Crippen molar-refractivity contribution in [3.63, 3.8) is 0 Å². The number of carbonyl (C=O) groups excluding carboxylic acids is 1. The van der Waals surface area contributed by atoms with Crippen LogP contribution in [0.25, 0.3) is 0 Å². The lowest BCUT2D eigenvalue weighted by atomic mass is 10.0. The standard InChI is InChI=1S/C11H20BrNOS/c1-3-11(2,8-12)13-10(14)9-6-4-5-7-15-9/h9H,3-8H2,1-2H3,(H,13,14). The van der Waals surface area contributed by atoms with Crippen LogP contribution in [0, 0.1) is 0 Å². The summed E-state index contributed by atoms with van der Waals surface area (Å²) >= 11 is 5.27. The molecule has 0 aromatic rings. The van der Waals surface area contributed by atoms with Gasteiger partial charge in [-0.3, -0.25) is 4.79 Å². The third-order valence-electron chi connectivity index (χ3n) is 2.97. The summed E-state index contributed by atoms with van der Waals surface area (Å²) in [5.74, 6) is 1.36. The molecule has 0 saturated carbocycles. The van der Waals surface area contributed by atoms with Crippen molar-refractivity contribution in [1.29, 1.82) is 0 Å². The molecule has 0 aromatic heterocycles. The van der Waals surface area contributed by atoms with Gasteiger partial charge in [-0.1, -0.05) is 29.3 Å². The van der Waals surface area contributed by atoms with E-state index in [2.05, 4.69) is 35.1 Å². The Balaban J connectivity index is 2.46. The highest BCUT2D eigenvalue weighted by molar-refractivity contribution is 9.09. The molecule has 1 aliphatic rings. The first-order chi connectivity index (χ1) is 7.11. The Hall–Kier alpha value is 0.300. The van der Waals surface area contributed by atoms with E-state index in [0.717, 1.165) is 23.9 Å². The molecular formula is C11H20BrNOS. The second-order valence-corrected chi connectivity index (χ2v) is 6.26. The predicted octanol–water partition coefficient (Wildman–Crippen LogP) is 2.95. The Labute approximate surface area is 105 Å². The number of nitrogens with one attached hydrogen (secondary N) is 1. The Kier molecular flexibility index (Phi) is 5.47. The molecule has 2 nitrogen and oxygen atoms in total. The average Bonchev–Trinajstić information content (AvgIpc) is 2.30. The minimum absolute atomic E-state index is 0.0882. The molecule has 1 rings (SSSR count). The smallest absolute Gasteiger partial charge is 0.233 e. The molecule has 0 spiro atoms. The van der Waals surface area contributed by atoms with Crippen molar-refractivity contribution in [2.24, 2.45) is 0 Å². The fraction of sp³-hybridized carbons (Fsp3) is 0.909. The van der Waals surface area contributed by atoms with Crippen LogP contribution in [-0.2, 0) is 4.79 Å². The summed E-state index contributed by atoms with van der Waals surface area (Å²) in [7, 11) is 0. The van der Waals surface area contributed by atoms with Gasteiger partial charge in [-0.15, -0.1) is 11.8 Å². The lowest BCUT2D eigenvalue weighted by Crippen LogP contribution is -2.50. The van der Waals surface area contributed by atoms with Crippen LogP contribution in [0.5, 0.6) is 0 Å². The Morgan fingerprint density at radius 1 is 1.60 bits per heavy atom. The van der Waals surface area contributed by atoms with Gasteiger partial charge in [0.1, 0.15) is 0 Å². The maximum Gasteiger partial charge on any atom is 0.233 e. The van der Waals surface area contributed by atoms with E-state index in [0.29, 0.717) is 0 Å². The van der Waals surface area contributed by atoms with Crippen LogP contribution in [0.3, 0.4) is 0 Å². The van der Waals surface area contributed by atoms with Gasteiger partial charge in [0.15, 0.2) is 0 Å². The van der Waals surface area contributed by atoms with E-state index < -0.39 is 0 Å². The van der Waals surface area contributed by atoms with Gasteiger partial charge in [-0.25, -0.2) is 0 Å². The Morgan fingerprint density at radius 2 is 2.33 bits per heavy atom. The van der Waals surface area contributed by atoms with Crippen LogP contribution in [0.4, 0.5) is 0 Å². The van der Waals surface area contributed by atoms with E-state index in [9.17, 15) is 4.79 Å². The highest BCUT2D eigenvalue weighted by Gasteiger charge is 2.28. The normalized spacial score (nSPS) is 25.7. The summed E-state index contributed by atoms with van der Waals surface area (Å²) in [5.41, 5.74) is -0.0882. The molecule has 4 heteroatoms. The van der Waals surface area contributed by atoms with Crippen molar-refractivity contribution in [3.8, 4) is 0 Å². The molecule has 0 bridgehead atoms. The minimum Gasteiger partial charge on any atom is -0.349 e. The van der Waals surface area contributed by atoms with E-state index in [1.807, 2.05) is 0 Å². The molecule has 1 amide bonds. The highest BCUT2D eigenvalue weighted by atomic mass is 79.9. The van der Waals surface area contributed by atoms with Crippen molar-refractivity contribution in [2.75, 3.05) is 11.1 Å². The summed E-state index contributed by atoms with van der Waals surface area (Å²) in [6.45, 7) is 4.20. The number of alkyl halides is 1. The minimum atomic E-state index is -0.0882. The van der Waals surface area contributed by atoms with E-state index in [-0.39, 0.29) is 16.7 Å². The second kappa shape index (κ2) is 6.14. The van der Waals surface area contributed by atoms with Crippen molar-refractivity contribution < 1.29 is 4.79 Å². The molecule has 1 aliphatic heterocycles. The van der Waals surface area contributed by atoms with Crippen LogP contribution in [0.15, 0.2) is 0 Å². The maximum absolute atomic E-state index is 12.0. The highest BCUT2D eigenvalue weighted by Crippen LogP contribution is 2.26. The third-order valence-corrected chi connectivity index (χ3v) is 5.59. The molecule has 88 valence electrons. The number of halogens is 1. The third kappa shape index (κ3) is 3.99. The molecule has 1 N–H and O–H groups in total. The van der Waals surface area contributed by atoms with Crippen molar-refractivity contribution in [2.45, 2.75) is 50.3 Å². The summed E-state index contributed by atoms with van der Waals surface area (Å²) in [6.07, 6.45) is 4.46. The summed E-state index contributed by atoms with van der Waals surface area (Å²) in [5, 5.41) is 4.16. The van der Waals surface area contributed by atoms with Gasteiger partial charge in [0.05, 0.1) is 5.25 Å². The zero-order valence-corrected chi connectivity index (χ0v) is 11.9. The number of rotatable bonds is 4. The first kappa shape index (κ1) is 13.4. The van der Waals surface area contributed by atoms with Crippen LogP contribution < -0.4 is 5.32 Å². The number of amides is 1. The SMILES string of the molecule is CCC(C)(CBr)NC(=O)C1CCCCS1. The molecule has 0 aromatic carbocycles. The molecule has 2 unspecified atom stereocenters. The van der Waals surface area contributed by atoms with Crippen molar-refractivity contribution in [3.05, 3.63) is 0 Å². The van der Waals surface area contributed by atoms with Crippen LogP contribution >= 0.6 is 27.7 Å². The quantitative estimate of drug-likeness (QED) is 0.808. The van der Waals surface area contributed by atoms with Crippen LogP contribution in [0.1, 0.15) is 39.5 Å². The molecule has 1 fully saturated rings. The van der Waals surface area contributed by atoms with Gasteiger partial charge in [-0.2, -0.15) is 0 Å². The van der Waals surface area contributed by atoms with Gasteiger partial charge in [0, 0.05) is 10.9 Å². The van der Waals surface area contributed by atoms with Gasteiger partial charge >= 0.3 is 0 Å². The molecule has 15 heavy (non-hydrogen) atoms. The first-order valence-corrected chi connectivity index (χ1v) is 7.78. The van der Waals surface area contributed by atoms with Crippen molar-refractivity contribution >= 4 is 33.6 Å². The van der Waals surface area contributed by atoms with E-state index in [1.54, 1.807) is 11.8 Å². The number of carbonyl (C=O) groups is 1. The first-order valence-electron chi connectivity index (χ1n) is 5.61. The fourth-order valence-corrected chi connectivity index (χ4v) is 3.28. The lowest BCUT2D eigenvalue weighted by Gasteiger charge is -2.30. The molecule has 1 saturated heterocycles. The van der Waals surface area contributed by atoms with Crippen LogP contribution in [-0.4, -0.2) is 27.8 Å². The van der Waals surface area contributed by atoms with Crippen LogP contribution in [0.2, 0.25) is 0 Å². The number of hydrogen-bond donors (Lipinski definition) is 1. The van der Waals surface area contributed by atoms with Gasteiger partial charge in [0.2, 0.25) is 5.91 Å². The average molecular weight is 294 g/mol. The Bertz CT molecular complexity index is 213. The van der Waals surface area contributed by atoms with Gasteiger partial charge < -0.3 is 5.32 Å². The number of hydrogen-bond acceptors (Lipinski definition) is 2. The summed E-state index contributed by atoms with van der Waals surface area (Å²) in [4.78, 5) is 12.0. The largest absolute Gasteiger partial charge is 0.349 e. The van der Waals surface area contributed by atoms with Gasteiger partial charge in [-0.05, 0) is 31.9 Å². The van der Waals surface area contributed by atoms with E-state index >= 15 is 0 Å². The summed E-state index contributed by atoms with van der Waals surface area (Å²) < 4.78 is 0. The van der Waals surface area contributed by atoms with Gasteiger partial charge in [0.25, 0.3) is 0 Å². The number of thioether (sulfide) groups is 1. The zero-order valence-electron chi connectivity index (χ0n) is 9.51. The molecule has 2 atom stereocenters. The van der Waals surface area contributed by atoms with Crippen molar-refractivity contribution in [1.82, 2.24) is 5.32 Å². The molecular weight excluding hydrogens is 274 g/mol. The second-order valence-electron chi connectivity index (χ2n) is 4.39.